The summed E-state index contributed by atoms with van der Waals surface area (Å²) in [5.41, 5.74) is -0.598. The zero-order chi connectivity index (χ0) is 21.9. The first kappa shape index (κ1) is 21.1. The largest absolute Gasteiger partial charge is 0.573 e. The van der Waals surface area contributed by atoms with Gasteiger partial charge in [-0.1, -0.05) is 11.6 Å². The van der Waals surface area contributed by atoms with Gasteiger partial charge in [-0.25, -0.2) is 9.38 Å². The Kier molecular flexibility index (Phi) is 5.92. The van der Waals surface area contributed by atoms with Crippen LogP contribution < -0.4 is 14.8 Å². The number of carbonyl (C=O) groups is 1. The molecule has 0 spiro atoms. The number of aromatic nitrogens is 2. The average Bonchev–Trinajstić information content (AvgIpc) is 2.67. The third kappa shape index (κ3) is 5.26. The molecule has 2 aromatic carbocycles. The van der Waals surface area contributed by atoms with Crippen molar-refractivity contribution >= 4 is 17.5 Å². The lowest BCUT2D eigenvalue weighted by Crippen LogP contribution is -2.16. The maximum atomic E-state index is 14.5. The van der Waals surface area contributed by atoms with Crippen molar-refractivity contribution in [3.8, 4) is 17.2 Å². The molecular weight excluding hydrogens is 434 g/mol. The molecule has 0 radical (unpaired) electrons. The van der Waals surface area contributed by atoms with Crippen LogP contribution in [0.15, 0.2) is 59.9 Å². The molecule has 0 saturated carbocycles. The highest BCUT2D eigenvalue weighted by Crippen LogP contribution is 2.33. The Labute approximate surface area is 170 Å². The van der Waals surface area contributed by atoms with E-state index < -0.39 is 29.4 Å². The van der Waals surface area contributed by atoms with Gasteiger partial charge in [-0.05, 0) is 42.5 Å². The molecule has 0 fully saturated rings. The molecule has 0 aliphatic carbocycles. The van der Waals surface area contributed by atoms with E-state index in [1.165, 1.54) is 12.1 Å². The first-order valence-corrected chi connectivity index (χ1v) is 8.35. The average molecular weight is 444 g/mol. The third-order valence-corrected chi connectivity index (χ3v) is 3.77. The standard InChI is InChI=1S/C18H10ClF4N3O4/c19-13-5-6-14(29-11-1-3-12(4-2-11)30-18(21,22)23)15(16(13)20)17(27)25-10-7-8-26(28)24-9-10/h1-9,28H. The summed E-state index contributed by atoms with van der Waals surface area (Å²) in [5.74, 6) is -2.90. The fourth-order valence-electron chi connectivity index (χ4n) is 2.24. The lowest BCUT2D eigenvalue weighted by molar-refractivity contribution is -0.274. The van der Waals surface area contributed by atoms with Crippen LogP contribution in [0.1, 0.15) is 10.4 Å². The topological polar surface area (TPSA) is 85.9 Å². The Balaban J connectivity index is 1.92. The Bertz CT molecular complexity index is 1130. The maximum absolute atomic E-state index is 14.5. The fourth-order valence-corrected chi connectivity index (χ4v) is 2.39. The van der Waals surface area contributed by atoms with Crippen LogP contribution >= 0.6 is 11.6 Å². The number of halogens is 5. The lowest BCUT2D eigenvalue weighted by atomic mass is 10.1. The molecule has 30 heavy (non-hydrogen) atoms. The first-order valence-electron chi connectivity index (χ1n) is 7.97. The summed E-state index contributed by atoms with van der Waals surface area (Å²) in [6.45, 7) is 0. The molecule has 0 aliphatic rings. The summed E-state index contributed by atoms with van der Waals surface area (Å²) in [6.07, 6.45) is -2.70. The van der Waals surface area contributed by atoms with Gasteiger partial charge in [0.25, 0.3) is 5.91 Å². The van der Waals surface area contributed by atoms with Crippen molar-refractivity contribution in [1.29, 1.82) is 0 Å². The van der Waals surface area contributed by atoms with Crippen molar-refractivity contribution in [1.82, 2.24) is 9.94 Å². The van der Waals surface area contributed by atoms with Gasteiger partial charge < -0.3 is 14.7 Å². The first-order chi connectivity index (χ1) is 14.1. The zero-order valence-electron chi connectivity index (χ0n) is 14.6. The molecule has 12 heteroatoms. The van der Waals surface area contributed by atoms with Gasteiger partial charge in [0.05, 0.1) is 22.8 Å². The van der Waals surface area contributed by atoms with Crippen molar-refractivity contribution < 1.29 is 37.0 Å². The molecule has 0 atom stereocenters. The molecule has 0 unspecified atom stereocenters. The number of alkyl halides is 3. The van der Waals surface area contributed by atoms with Crippen molar-refractivity contribution in [3.05, 3.63) is 76.6 Å². The SMILES string of the molecule is O=C(N=c1ccn(O)nc1)c1c(Oc2ccc(OC(F)(F)F)cc2)ccc(Cl)c1F. The van der Waals surface area contributed by atoms with Crippen LogP contribution in [0.5, 0.6) is 17.2 Å². The smallest absolute Gasteiger partial charge is 0.456 e. The summed E-state index contributed by atoms with van der Waals surface area (Å²) in [7, 11) is 0. The van der Waals surface area contributed by atoms with Crippen molar-refractivity contribution in [2.75, 3.05) is 0 Å². The fraction of sp³-hybridized carbons (Fsp3) is 0.0556. The van der Waals surface area contributed by atoms with Crippen molar-refractivity contribution in [2.45, 2.75) is 6.36 Å². The molecule has 156 valence electrons. The molecule has 1 amide bonds. The van der Waals surface area contributed by atoms with E-state index in [2.05, 4.69) is 14.8 Å². The second-order valence-electron chi connectivity index (χ2n) is 5.58. The Hall–Kier alpha value is -3.60. The zero-order valence-corrected chi connectivity index (χ0v) is 15.4. The van der Waals surface area contributed by atoms with Crippen molar-refractivity contribution in [3.63, 3.8) is 0 Å². The number of amides is 1. The Morgan fingerprint density at radius 1 is 1.10 bits per heavy atom. The van der Waals surface area contributed by atoms with Crippen LogP contribution in [0, 0.1) is 5.82 Å². The Morgan fingerprint density at radius 3 is 2.37 bits per heavy atom. The van der Waals surface area contributed by atoms with Crippen LogP contribution in [-0.4, -0.2) is 27.4 Å². The quantitative estimate of drug-likeness (QED) is 0.479. The van der Waals surface area contributed by atoms with Gasteiger partial charge in [-0.15, -0.1) is 23.1 Å². The second kappa shape index (κ2) is 8.41. The summed E-state index contributed by atoms with van der Waals surface area (Å²) in [5, 5.41) is 12.2. The third-order valence-electron chi connectivity index (χ3n) is 3.47. The highest BCUT2D eigenvalue weighted by atomic mass is 35.5. The van der Waals surface area contributed by atoms with Gasteiger partial charge in [0, 0.05) is 0 Å². The second-order valence-corrected chi connectivity index (χ2v) is 5.99. The molecule has 1 aromatic heterocycles. The summed E-state index contributed by atoms with van der Waals surface area (Å²) >= 11 is 5.74. The summed E-state index contributed by atoms with van der Waals surface area (Å²) in [4.78, 5) is 16.7. The number of nitrogens with zero attached hydrogens (tertiary/aromatic N) is 3. The number of hydrogen-bond donors (Lipinski definition) is 1. The lowest BCUT2D eigenvalue weighted by Gasteiger charge is -2.12. The highest BCUT2D eigenvalue weighted by Gasteiger charge is 2.31. The predicted molar refractivity (Wildman–Crippen MR) is 93.9 cm³/mol. The van der Waals surface area contributed by atoms with Crippen LogP contribution in [0.25, 0.3) is 0 Å². The summed E-state index contributed by atoms with van der Waals surface area (Å²) in [6, 6.07) is 7.84. The monoisotopic (exact) mass is 443 g/mol. The van der Waals surface area contributed by atoms with Gasteiger partial charge in [-0.2, -0.15) is 0 Å². The van der Waals surface area contributed by atoms with E-state index in [0.717, 1.165) is 42.7 Å². The van der Waals surface area contributed by atoms with E-state index in [1.807, 2.05) is 0 Å². The van der Waals surface area contributed by atoms with Gasteiger partial charge in [0.1, 0.15) is 22.8 Å². The number of carbonyl (C=O) groups excluding carboxylic acids is 1. The molecule has 3 aromatic rings. The molecule has 1 heterocycles. The van der Waals surface area contributed by atoms with Gasteiger partial charge in [0.15, 0.2) is 5.82 Å². The summed E-state index contributed by atoms with van der Waals surface area (Å²) < 4.78 is 60.4. The van der Waals surface area contributed by atoms with E-state index in [4.69, 9.17) is 21.5 Å². The van der Waals surface area contributed by atoms with Crippen LogP contribution in [0.2, 0.25) is 5.02 Å². The van der Waals surface area contributed by atoms with Crippen LogP contribution in [0.3, 0.4) is 0 Å². The van der Waals surface area contributed by atoms with Gasteiger partial charge in [0.2, 0.25) is 0 Å². The van der Waals surface area contributed by atoms with E-state index in [1.54, 1.807) is 0 Å². The minimum absolute atomic E-state index is 0.00278. The van der Waals surface area contributed by atoms with E-state index >= 15 is 0 Å². The molecule has 0 bridgehead atoms. The molecule has 0 saturated heterocycles. The van der Waals surface area contributed by atoms with E-state index in [-0.39, 0.29) is 21.9 Å². The minimum Gasteiger partial charge on any atom is -0.456 e. The predicted octanol–water partition coefficient (Wildman–Crippen LogP) is 4.34. The number of hydrogen-bond acceptors (Lipinski definition) is 5. The van der Waals surface area contributed by atoms with Gasteiger partial charge in [-0.3, -0.25) is 4.79 Å². The Morgan fingerprint density at radius 2 is 1.77 bits per heavy atom. The maximum Gasteiger partial charge on any atom is 0.573 e. The number of benzene rings is 2. The van der Waals surface area contributed by atoms with E-state index in [9.17, 15) is 22.4 Å². The van der Waals surface area contributed by atoms with E-state index in [0.29, 0.717) is 4.85 Å². The number of ether oxygens (including phenoxy) is 2. The van der Waals surface area contributed by atoms with Crippen molar-refractivity contribution in [2.24, 2.45) is 4.99 Å². The van der Waals surface area contributed by atoms with Crippen LogP contribution in [-0.2, 0) is 0 Å². The minimum atomic E-state index is -4.86. The number of rotatable bonds is 4. The van der Waals surface area contributed by atoms with Gasteiger partial charge >= 0.3 is 6.36 Å². The van der Waals surface area contributed by atoms with Crippen LogP contribution in [0.4, 0.5) is 17.6 Å². The molecule has 1 N–H and O–H groups in total. The molecule has 3 rings (SSSR count). The molecular formula is C18H10ClF4N3O4. The highest BCUT2D eigenvalue weighted by molar-refractivity contribution is 6.31. The molecule has 7 nitrogen and oxygen atoms in total. The molecule has 0 aliphatic heterocycles. The normalized spacial score (nSPS) is 12.0.